The van der Waals surface area contributed by atoms with Crippen LogP contribution in [0, 0.1) is 11.6 Å². The molecule has 4 rings (SSSR count). The van der Waals surface area contributed by atoms with Crippen LogP contribution in [0.3, 0.4) is 0 Å². The van der Waals surface area contributed by atoms with Gasteiger partial charge < -0.3 is 10.1 Å². The molecule has 1 amide bonds. The zero-order valence-corrected chi connectivity index (χ0v) is 19.5. The third-order valence-electron chi connectivity index (χ3n) is 5.27. The number of ether oxygens (including phenoxy) is 1. The van der Waals surface area contributed by atoms with Gasteiger partial charge in [-0.05, 0) is 42.7 Å². The summed E-state index contributed by atoms with van der Waals surface area (Å²) >= 11 is 1.32. The van der Waals surface area contributed by atoms with E-state index in [0.717, 1.165) is 35.7 Å². The summed E-state index contributed by atoms with van der Waals surface area (Å²) < 4.78 is 32.0. The number of hydrogen-bond donors (Lipinski definition) is 1. The van der Waals surface area contributed by atoms with E-state index in [1.165, 1.54) is 23.0 Å². The van der Waals surface area contributed by atoms with Crippen LogP contribution in [-0.4, -0.2) is 29.9 Å². The molecule has 0 saturated carbocycles. The highest BCUT2D eigenvalue weighted by Gasteiger charge is 2.29. The van der Waals surface area contributed by atoms with Gasteiger partial charge in [0.15, 0.2) is 11.6 Å². The van der Waals surface area contributed by atoms with Crippen molar-refractivity contribution in [3.8, 4) is 0 Å². The number of carbonyl (C=O) groups excluding carboxylic acids is 2. The topological polar surface area (TPSA) is 58.6 Å². The lowest BCUT2D eigenvalue weighted by Crippen LogP contribution is -2.29. The average molecular weight is 493 g/mol. The van der Waals surface area contributed by atoms with Crippen LogP contribution in [0.5, 0.6) is 0 Å². The Morgan fingerprint density at radius 1 is 1.12 bits per heavy atom. The van der Waals surface area contributed by atoms with Crippen molar-refractivity contribution in [1.82, 2.24) is 4.90 Å². The summed E-state index contributed by atoms with van der Waals surface area (Å²) in [6.07, 6.45) is 0.647. The molecule has 9 heteroatoms. The van der Waals surface area contributed by atoms with Crippen LogP contribution < -0.4 is 5.32 Å². The zero-order valence-electron chi connectivity index (χ0n) is 17.9. The van der Waals surface area contributed by atoms with Crippen molar-refractivity contribution in [2.45, 2.75) is 26.4 Å². The van der Waals surface area contributed by atoms with Crippen molar-refractivity contribution in [2.75, 3.05) is 18.5 Å². The number of rotatable bonds is 6. The quantitative estimate of drug-likeness (QED) is 0.466. The first-order chi connectivity index (χ1) is 15.5. The molecule has 33 heavy (non-hydrogen) atoms. The molecule has 0 radical (unpaired) electrons. The van der Waals surface area contributed by atoms with Crippen molar-refractivity contribution in [2.24, 2.45) is 0 Å². The van der Waals surface area contributed by atoms with Gasteiger partial charge in [-0.2, -0.15) is 0 Å². The predicted molar refractivity (Wildman–Crippen MR) is 126 cm³/mol. The maximum Gasteiger partial charge on any atom is 0.341 e. The van der Waals surface area contributed by atoms with Crippen LogP contribution >= 0.6 is 23.7 Å². The van der Waals surface area contributed by atoms with Crippen LogP contribution in [0.2, 0.25) is 0 Å². The standard InChI is InChI=1S/C24H22F2N2O3S.ClH/c1-2-31-24(30)21-17-10-11-28(13-15-6-4-3-5-7-15)14-20(17)32-23(21)27-22(29)16-8-9-18(25)19(26)12-16;/h3-9,12H,2,10-11,13-14H2,1H3,(H,27,29);1H. The Hall–Kier alpha value is -2.81. The highest BCUT2D eigenvalue weighted by molar-refractivity contribution is 7.17. The van der Waals surface area contributed by atoms with Crippen molar-refractivity contribution in [1.29, 1.82) is 0 Å². The molecule has 2 heterocycles. The fraction of sp³-hybridized carbons (Fsp3) is 0.250. The van der Waals surface area contributed by atoms with Crippen LogP contribution in [-0.2, 0) is 24.2 Å². The third kappa shape index (κ3) is 5.58. The monoisotopic (exact) mass is 492 g/mol. The summed E-state index contributed by atoms with van der Waals surface area (Å²) in [6, 6.07) is 13.1. The van der Waals surface area contributed by atoms with Gasteiger partial charge in [-0.15, -0.1) is 23.7 Å². The lowest BCUT2D eigenvalue weighted by atomic mass is 10.0. The van der Waals surface area contributed by atoms with E-state index in [1.54, 1.807) is 6.92 Å². The number of halogens is 3. The minimum absolute atomic E-state index is 0. The Bertz CT molecular complexity index is 1150. The molecule has 2 aromatic carbocycles. The molecular formula is C24H23ClF2N2O3S. The summed E-state index contributed by atoms with van der Waals surface area (Å²) in [5, 5.41) is 3.07. The molecule has 174 valence electrons. The van der Waals surface area contributed by atoms with E-state index < -0.39 is 23.5 Å². The maximum absolute atomic E-state index is 13.6. The molecule has 3 aromatic rings. The van der Waals surface area contributed by atoms with E-state index in [0.29, 0.717) is 23.5 Å². The molecule has 1 aliphatic heterocycles. The number of hydrogen-bond acceptors (Lipinski definition) is 5. The summed E-state index contributed by atoms with van der Waals surface area (Å²) in [5.41, 5.74) is 2.39. The van der Waals surface area contributed by atoms with Gasteiger partial charge in [-0.1, -0.05) is 30.3 Å². The van der Waals surface area contributed by atoms with Crippen molar-refractivity contribution < 1.29 is 23.1 Å². The second kappa shape index (κ2) is 10.9. The molecule has 5 nitrogen and oxygen atoms in total. The van der Waals surface area contributed by atoms with E-state index in [-0.39, 0.29) is 24.6 Å². The third-order valence-corrected chi connectivity index (χ3v) is 6.41. The first-order valence-corrected chi connectivity index (χ1v) is 11.1. The molecule has 0 spiro atoms. The second-order valence-corrected chi connectivity index (χ2v) is 8.56. The minimum atomic E-state index is -1.11. The van der Waals surface area contributed by atoms with Crippen LogP contribution in [0.4, 0.5) is 13.8 Å². The van der Waals surface area contributed by atoms with Gasteiger partial charge in [-0.3, -0.25) is 9.69 Å². The summed E-state index contributed by atoms with van der Waals surface area (Å²) in [5.74, 6) is -3.25. The number of thiophene rings is 1. The second-order valence-electron chi connectivity index (χ2n) is 7.46. The number of fused-ring (bicyclic) bond motifs is 1. The Morgan fingerprint density at radius 3 is 2.58 bits per heavy atom. The van der Waals surface area contributed by atoms with Gasteiger partial charge in [0, 0.05) is 30.1 Å². The molecule has 0 atom stereocenters. The summed E-state index contributed by atoms with van der Waals surface area (Å²) in [4.78, 5) is 28.6. The SMILES string of the molecule is CCOC(=O)c1c(NC(=O)c2ccc(F)c(F)c2)sc2c1CCN(Cc1ccccc1)C2.Cl. The van der Waals surface area contributed by atoms with Crippen LogP contribution in [0.15, 0.2) is 48.5 Å². The molecule has 1 aliphatic rings. The fourth-order valence-corrected chi connectivity index (χ4v) is 5.03. The normalized spacial score (nSPS) is 13.1. The maximum atomic E-state index is 13.6. The van der Waals surface area contributed by atoms with Crippen molar-refractivity contribution >= 4 is 40.6 Å². The fourth-order valence-electron chi connectivity index (χ4n) is 3.75. The number of benzene rings is 2. The lowest BCUT2D eigenvalue weighted by molar-refractivity contribution is 0.0526. The molecule has 0 aliphatic carbocycles. The summed E-state index contributed by atoms with van der Waals surface area (Å²) in [7, 11) is 0. The van der Waals surface area contributed by atoms with Gasteiger partial charge in [0.05, 0.1) is 12.2 Å². The summed E-state index contributed by atoms with van der Waals surface area (Å²) in [6.45, 7) is 4.12. The van der Waals surface area contributed by atoms with Gasteiger partial charge in [0.2, 0.25) is 0 Å². The Morgan fingerprint density at radius 2 is 1.88 bits per heavy atom. The Kier molecular flexibility index (Phi) is 8.18. The van der Waals surface area contributed by atoms with Crippen LogP contribution in [0.25, 0.3) is 0 Å². The van der Waals surface area contributed by atoms with Gasteiger partial charge in [0.25, 0.3) is 5.91 Å². The van der Waals surface area contributed by atoms with Gasteiger partial charge in [-0.25, -0.2) is 13.6 Å². The van der Waals surface area contributed by atoms with E-state index in [2.05, 4.69) is 22.3 Å². The van der Waals surface area contributed by atoms with Crippen molar-refractivity contribution in [3.05, 3.63) is 87.3 Å². The predicted octanol–water partition coefficient (Wildman–Crippen LogP) is 5.44. The minimum Gasteiger partial charge on any atom is -0.462 e. The highest BCUT2D eigenvalue weighted by Crippen LogP contribution is 2.38. The molecule has 1 N–H and O–H groups in total. The van der Waals surface area contributed by atoms with E-state index in [1.807, 2.05) is 18.2 Å². The number of esters is 1. The van der Waals surface area contributed by atoms with Gasteiger partial charge in [0.1, 0.15) is 5.00 Å². The molecule has 0 saturated heterocycles. The molecule has 1 aromatic heterocycles. The van der Waals surface area contributed by atoms with E-state index in [9.17, 15) is 18.4 Å². The molecule has 0 unspecified atom stereocenters. The Labute approximate surface area is 200 Å². The number of nitrogens with zero attached hydrogens (tertiary/aromatic N) is 1. The largest absolute Gasteiger partial charge is 0.462 e. The lowest BCUT2D eigenvalue weighted by Gasteiger charge is -2.27. The first-order valence-electron chi connectivity index (χ1n) is 10.3. The van der Waals surface area contributed by atoms with E-state index in [4.69, 9.17) is 4.74 Å². The molecular weight excluding hydrogens is 470 g/mol. The number of carbonyl (C=O) groups is 2. The Balaban J connectivity index is 0.00000306. The highest BCUT2D eigenvalue weighted by atomic mass is 35.5. The smallest absolute Gasteiger partial charge is 0.341 e. The average Bonchev–Trinajstić information content (AvgIpc) is 3.13. The van der Waals surface area contributed by atoms with Crippen molar-refractivity contribution in [3.63, 3.8) is 0 Å². The van der Waals surface area contributed by atoms with Crippen LogP contribution in [0.1, 0.15) is 43.6 Å². The van der Waals surface area contributed by atoms with E-state index >= 15 is 0 Å². The molecule has 0 fully saturated rings. The number of amides is 1. The zero-order chi connectivity index (χ0) is 22.7. The number of anilines is 1. The number of nitrogens with one attached hydrogen (secondary N) is 1. The van der Waals surface area contributed by atoms with Gasteiger partial charge >= 0.3 is 5.97 Å². The first kappa shape index (κ1) is 24.8. The molecule has 0 bridgehead atoms.